The van der Waals surface area contributed by atoms with Crippen molar-refractivity contribution in [1.29, 1.82) is 0 Å². The number of aliphatic hydroxyl groups is 1. The standard InChI is InChI=1S/C88H172O17P2/c1-7-10-12-14-16-18-20-22-24-26-27-32-35-39-43-47-51-58-64-70-85(90)98-76-83(104-87(92)72-66-61-53-49-45-41-37-33-29-28-31-34-38-42-46-50-57-63-69-81(6)9-3)78-102-106(94,95)100-74-82(89)75-101-107(96,97)103-79-84(77-99-86(91)71-65-59-55-54-56-62-68-80(4)5)105-88(93)73-67-60-52-48-44-40-36-30-25-23-21-19-17-15-13-11-8-2/h80-84,89H,7-79H2,1-6H3,(H,94,95)(H,96,97)/t81?,82-,83-,84-/m1/s1. The van der Waals surface area contributed by atoms with Crippen LogP contribution in [0.3, 0.4) is 0 Å². The zero-order chi connectivity index (χ0) is 78.5. The van der Waals surface area contributed by atoms with Gasteiger partial charge in [0.2, 0.25) is 0 Å². The predicted octanol–water partition coefficient (Wildman–Crippen LogP) is 27.0. The van der Waals surface area contributed by atoms with Gasteiger partial charge in [0.05, 0.1) is 26.4 Å². The average Bonchev–Trinajstić information content (AvgIpc) is 0.901. The number of ether oxygens (including phenoxy) is 4. The molecular weight excluding hydrogens is 1390 g/mol. The molecule has 0 aliphatic rings. The van der Waals surface area contributed by atoms with Gasteiger partial charge in [0, 0.05) is 25.7 Å². The fourth-order valence-electron chi connectivity index (χ4n) is 13.7. The van der Waals surface area contributed by atoms with Crippen LogP contribution in [-0.4, -0.2) is 96.7 Å². The molecule has 3 N–H and O–H groups in total. The SMILES string of the molecule is CCCCCCCCCCCCCCCCCCCCCC(=O)OC[C@H](COP(=O)(O)OC[C@@H](O)COP(=O)(O)OC[C@@H](COC(=O)CCCCCCCCC(C)C)OC(=O)CCCCCCCCCCCCCCCCCCC)OC(=O)CCCCCCCCCCCCCCCCCCCCC(C)CC. The van der Waals surface area contributed by atoms with Gasteiger partial charge < -0.3 is 33.8 Å². The second kappa shape index (κ2) is 79.3. The third-order valence-electron chi connectivity index (χ3n) is 21.1. The molecule has 3 unspecified atom stereocenters. The normalized spacial score (nSPS) is 14.0. The van der Waals surface area contributed by atoms with Crippen molar-refractivity contribution in [3.8, 4) is 0 Å². The number of carbonyl (C=O) groups excluding carboxylic acids is 4. The fraction of sp³-hybridized carbons (Fsp3) is 0.955. The third-order valence-corrected chi connectivity index (χ3v) is 23.0. The van der Waals surface area contributed by atoms with E-state index in [1.165, 1.54) is 283 Å². The molecule has 0 amide bonds. The van der Waals surface area contributed by atoms with Gasteiger partial charge in [-0.25, -0.2) is 9.13 Å². The minimum absolute atomic E-state index is 0.108. The van der Waals surface area contributed by atoms with Crippen LogP contribution in [0.5, 0.6) is 0 Å². The second-order valence-corrected chi connectivity index (χ2v) is 35.3. The minimum atomic E-state index is -4.97. The maximum Gasteiger partial charge on any atom is 0.472 e. The molecule has 19 heteroatoms. The summed E-state index contributed by atoms with van der Waals surface area (Å²) in [5.41, 5.74) is 0. The van der Waals surface area contributed by atoms with Gasteiger partial charge in [-0.2, -0.15) is 0 Å². The summed E-state index contributed by atoms with van der Waals surface area (Å²) in [4.78, 5) is 73.2. The van der Waals surface area contributed by atoms with E-state index < -0.39 is 97.5 Å². The van der Waals surface area contributed by atoms with Gasteiger partial charge >= 0.3 is 39.5 Å². The van der Waals surface area contributed by atoms with Crippen LogP contribution in [0, 0.1) is 11.8 Å². The Labute approximate surface area is 658 Å². The lowest BCUT2D eigenvalue weighted by Gasteiger charge is -2.21. The van der Waals surface area contributed by atoms with Crippen molar-refractivity contribution in [3.63, 3.8) is 0 Å². The Morgan fingerprint density at radius 2 is 0.477 bits per heavy atom. The number of esters is 4. The first-order valence-electron chi connectivity index (χ1n) is 45.5. The Morgan fingerprint density at radius 3 is 0.710 bits per heavy atom. The topological polar surface area (TPSA) is 237 Å². The summed E-state index contributed by atoms with van der Waals surface area (Å²) in [6.45, 7) is 9.67. The van der Waals surface area contributed by atoms with E-state index in [-0.39, 0.29) is 25.7 Å². The average molecular weight is 1560 g/mol. The van der Waals surface area contributed by atoms with E-state index in [2.05, 4.69) is 41.5 Å². The highest BCUT2D eigenvalue weighted by Gasteiger charge is 2.31. The van der Waals surface area contributed by atoms with Crippen molar-refractivity contribution in [3.05, 3.63) is 0 Å². The van der Waals surface area contributed by atoms with Crippen molar-refractivity contribution in [2.24, 2.45) is 11.8 Å². The van der Waals surface area contributed by atoms with Gasteiger partial charge in [0.1, 0.15) is 19.3 Å². The van der Waals surface area contributed by atoms with E-state index in [1.54, 1.807) is 0 Å². The molecule has 17 nitrogen and oxygen atoms in total. The van der Waals surface area contributed by atoms with Crippen LogP contribution >= 0.6 is 15.6 Å². The van der Waals surface area contributed by atoms with E-state index in [0.29, 0.717) is 31.6 Å². The van der Waals surface area contributed by atoms with E-state index in [4.69, 9.17) is 37.0 Å². The number of rotatable bonds is 87. The Balaban J connectivity index is 5.20. The zero-order valence-electron chi connectivity index (χ0n) is 70.5. The quantitative estimate of drug-likeness (QED) is 0.0222. The first kappa shape index (κ1) is 105. The molecule has 0 aromatic rings. The first-order valence-corrected chi connectivity index (χ1v) is 48.5. The van der Waals surface area contributed by atoms with Gasteiger partial charge in [-0.1, -0.05) is 420 Å². The maximum atomic E-state index is 13.2. The molecule has 107 heavy (non-hydrogen) atoms. The molecule has 0 bridgehead atoms. The molecule has 6 atom stereocenters. The Hall–Kier alpha value is -1.94. The molecule has 0 saturated carbocycles. The molecule has 0 spiro atoms. The number of phosphoric acid groups is 2. The summed E-state index contributed by atoms with van der Waals surface area (Å²) in [6, 6.07) is 0. The summed E-state index contributed by atoms with van der Waals surface area (Å²) >= 11 is 0. The summed E-state index contributed by atoms with van der Waals surface area (Å²) in [5, 5.41) is 10.7. The number of aliphatic hydroxyl groups excluding tert-OH is 1. The molecule has 0 radical (unpaired) electrons. The number of hydrogen-bond acceptors (Lipinski definition) is 15. The highest BCUT2D eigenvalue weighted by Crippen LogP contribution is 2.45. The van der Waals surface area contributed by atoms with Gasteiger partial charge in [-0.3, -0.25) is 37.3 Å². The monoisotopic (exact) mass is 1560 g/mol. The van der Waals surface area contributed by atoms with Crippen LogP contribution in [0.2, 0.25) is 0 Å². The molecule has 0 heterocycles. The van der Waals surface area contributed by atoms with Crippen LogP contribution in [0.25, 0.3) is 0 Å². The highest BCUT2D eigenvalue weighted by atomic mass is 31.2. The largest absolute Gasteiger partial charge is 0.472 e. The van der Waals surface area contributed by atoms with E-state index in [1.807, 2.05) is 0 Å². The molecule has 0 saturated heterocycles. The molecule has 0 aromatic heterocycles. The van der Waals surface area contributed by atoms with Crippen LogP contribution < -0.4 is 0 Å². The Kier molecular flexibility index (Phi) is 77.9. The first-order chi connectivity index (χ1) is 51.9. The molecule has 636 valence electrons. The van der Waals surface area contributed by atoms with Crippen molar-refractivity contribution in [2.75, 3.05) is 39.6 Å². The molecule has 0 aliphatic carbocycles. The number of unbranched alkanes of at least 4 members (excludes halogenated alkanes) is 56. The van der Waals surface area contributed by atoms with Gasteiger partial charge in [-0.05, 0) is 37.5 Å². The number of carbonyl (C=O) groups is 4. The summed E-state index contributed by atoms with van der Waals surface area (Å²) in [6.07, 6.45) is 72.4. The smallest absolute Gasteiger partial charge is 0.462 e. The van der Waals surface area contributed by atoms with Gasteiger partial charge in [0.25, 0.3) is 0 Å². The molecule has 0 rings (SSSR count). The van der Waals surface area contributed by atoms with Gasteiger partial charge in [0.15, 0.2) is 12.2 Å². The van der Waals surface area contributed by atoms with Crippen LogP contribution in [-0.2, 0) is 65.4 Å². The van der Waals surface area contributed by atoms with E-state index >= 15 is 0 Å². The maximum absolute atomic E-state index is 13.2. The lowest BCUT2D eigenvalue weighted by atomic mass is 9.99. The third kappa shape index (κ3) is 80.5. The highest BCUT2D eigenvalue weighted by molar-refractivity contribution is 7.47. The summed E-state index contributed by atoms with van der Waals surface area (Å²) < 4.78 is 68.9. The summed E-state index contributed by atoms with van der Waals surface area (Å²) in [5.74, 6) is -0.552. The Bertz CT molecular complexity index is 2050. The van der Waals surface area contributed by atoms with Crippen molar-refractivity contribution >= 4 is 39.5 Å². The lowest BCUT2D eigenvalue weighted by molar-refractivity contribution is -0.161. The van der Waals surface area contributed by atoms with Crippen molar-refractivity contribution in [1.82, 2.24) is 0 Å². The fourth-order valence-corrected chi connectivity index (χ4v) is 15.3. The van der Waals surface area contributed by atoms with Crippen LogP contribution in [0.4, 0.5) is 0 Å². The Morgan fingerprint density at radius 1 is 0.271 bits per heavy atom. The van der Waals surface area contributed by atoms with Crippen LogP contribution in [0.15, 0.2) is 0 Å². The van der Waals surface area contributed by atoms with E-state index in [9.17, 15) is 43.2 Å². The lowest BCUT2D eigenvalue weighted by Crippen LogP contribution is -2.30. The summed E-state index contributed by atoms with van der Waals surface area (Å²) in [7, 11) is -9.93. The molecular formula is C88H172O17P2. The number of hydrogen-bond donors (Lipinski definition) is 3. The van der Waals surface area contributed by atoms with Gasteiger partial charge in [-0.15, -0.1) is 0 Å². The van der Waals surface area contributed by atoms with Crippen molar-refractivity contribution < 1.29 is 80.2 Å². The molecule has 0 aromatic carbocycles. The van der Waals surface area contributed by atoms with Crippen molar-refractivity contribution in [2.45, 2.75) is 490 Å². The molecule has 0 fully saturated rings. The minimum Gasteiger partial charge on any atom is -0.462 e. The predicted molar refractivity (Wildman–Crippen MR) is 442 cm³/mol. The zero-order valence-corrected chi connectivity index (χ0v) is 72.2. The van der Waals surface area contributed by atoms with E-state index in [0.717, 1.165) is 102 Å². The van der Waals surface area contributed by atoms with Crippen LogP contribution in [0.1, 0.15) is 472 Å². The number of phosphoric ester groups is 2. The second-order valence-electron chi connectivity index (χ2n) is 32.4. The molecule has 0 aliphatic heterocycles.